The highest BCUT2D eigenvalue weighted by molar-refractivity contribution is 7.14. The van der Waals surface area contributed by atoms with E-state index in [4.69, 9.17) is 11.5 Å². The fraction of sp³-hybridized carbons (Fsp3) is 0.364. The first kappa shape index (κ1) is 23.0. The van der Waals surface area contributed by atoms with Gasteiger partial charge in [-0.1, -0.05) is 25.1 Å². The molecular weight excluding hydrogens is 425 g/mol. The minimum Gasteiger partial charge on any atom is -0.365 e. The Labute approximate surface area is 182 Å². The molecule has 0 unspecified atom stereocenters. The lowest BCUT2D eigenvalue weighted by Gasteiger charge is -2.20. The van der Waals surface area contributed by atoms with Crippen LogP contribution in [0.4, 0.5) is 13.2 Å². The minimum atomic E-state index is -4.43. The molecule has 0 aliphatic carbocycles. The van der Waals surface area contributed by atoms with Crippen molar-refractivity contribution >= 4 is 17.2 Å². The Balaban J connectivity index is 2.16. The maximum atomic E-state index is 13.2. The van der Waals surface area contributed by atoms with Gasteiger partial charge in [-0.3, -0.25) is 9.48 Å². The number of benzene rings is 1. The summed E-state index contributed by atoms with van der Waals surface area (Å²) in [5.74, 6) is -0.956. The Morgan fingerprint density at radius 1 is 1.32 bits per heavy atom. The number of amides is 1. The molecule has 0 saturated carbocycles. The number of carbonyl (C=O) groups is 1. The van der Waals surface area contributed by atoms with Crippen LogP contribution < -0.4 is 11.5 Å². The van der Waals surface area contributed by atoms with Crippen LogP contribution in [-0.4, -0.2) is 22.2 Å². The molecule has 166 valence electrons. The van der Waals surface area contributed by atoms with Crippen LogP contribution in [0.15, 0.2) is 30.5 Å². The van der Waals surface area contributed by atoms with Gasteiger partial charge in [0.15, 0.2) is 0 Å². The molecule has 0 aliphatic rings. The lowest BCUT2D eigenvalue weighted by molar-refractivity contribution is -0.137. The lowest BCUT2D eigenvalue weighted by Crippen LogP contribution is -2.20. The van der Waals surface area contributed by atoms with E-state index >= 15 is 0 Å². The van der Waals surface area contributed by atoms with Crippen LogP contribution >= 0.6 is 11.3 Å². The van der Waals surface area contributed by atoms with Crippen LogP contribution in [0.2, 0.25) is 0 Å². The van der Waals surface area contributed by atoms with E-state index < -0.39 is 17.6 Å². The molecule has 3 aromatic rings. The fourth-order valence-electron chi connectivity index (χ4n) is 3.96. The maximum absolute atomic E-state index is 13.2. The number of rotatable bonds is 7. The summed E-state index contributed by atoms with van der Waals surface area (Å²) in [6.45, 7) is 4.07. The number of halogens is 3. The fourth-order valence-corrected chi connectivity index (χ4v) is 5.05. The zero-order chi connectivity index (χ0) is 22.9. The van der Waals surface area contributed by atoms with Gasteiger partial charge in [0.1, 0.15) is 0 Å². The number of carbonyl (C=O) groups excluding carboxylic acids is 1. The number of hydrogen-bond acceptors (Lipinski definition) is 4. The van der Waals surface area contributed by atoms with Crippen molar-refractivity contribution in [3.63, 3.8) is 0 Å². The second kappa shape index (κ2) is 8.84. The standard InChI is InChI=1S/C22H25F3N4OS/c1-4-14-11-28-29(3)19(14)17-12(2)31-20(21(27)30)18(17)15(10-26)8-13-6-5-7-16(9-13)22(23,24)25/h5-7,9,11,15H,4,8,10,26H2,1-3H3,(H2,27,30)/t15-/m1/s1. The highest BCUT2D eigenvalue weighted by Crippen LogP contribution is 2.42. The van der Waals surface area contributed by atoms with Crippen molar-refractivity contribution in [1.29, 1.82) is 0 Å². The SMILES string of the molecule is CCc1cnn(C)c1-c1c(C)sc(C(N)=O)c1[C@@H](CN)Cc1cccc(C(F)(F)F)c1. The molecule has 9 heteroatoms. The van der Waals surface area contributed by atoms with Gasteiger partial charge in [-0.05, 0) is 49.1 Å². The van der Waals surface area contributed by atoms with E-state index in [0.717, 1.165) is 40.3 Å². The summed E-state index contributed by atoms with van der Waals surface area (Å²) >= 11 is 1.29. The molecule has 31 heavy (non-hydrogen) atoms. The van der Waals surface area contributed by atoms with Crippen molar-refractivity contribution in [2.45, 2.75) is 38.8 Å². The van der Waals surface area contributed by atoms with E-state index in [9.17, 15) is 18.0 Å². The van der Waals surface area contributed by atoms with Crippen molar-refractivity contribution in [2.75, 3.05) is 6.54 Å². The van der Waals surface area contributed by atoms with Gasteiger partial charge in [-0.25, -0.2) is 0 Å². The molecule has 4 N–H and O–H groups in total. The smallest absolute Gasteiger partial charge is 0.365 e. The van der Waals surface area contributed by atoms with Crippen LogP contribution in [0, 0.1) is 6.92 Å². The van der Waals surface area contributed by atoms with Crippen molar-refractivity contribution in [2.24, 2.45) is 18.5 Å². The Hall–Kier alpha value is -2.65. The second-order valence-corrected chi connectivity index (χ2v) is 8.70. The average Bonchev–Trinajstić information content (AvgIpc) is 3.24. The molecule has 3 rings (SSSR count). The molecular formula is C22H25F3N4OS. The summed E-state index contributed by atoms with van der Waals surface area (Å²) in [6, 6.07) is 5.20. The summed E-state index contributed by atoms with van der Waals surface area (Å²) in [6.07, 6.45) is -1.65. The van der Waals surface area contributed by atoms with Gasteiger partial charge in [0, 0.05) is 23.4 Å². The zero-order valence-corrected chi connectivity index (χ0v) is 18.4. The monoisotopic (exact) mass is 450 g/mol. The molecule has 1 amide bonds. The summed E-state index contributed by atoms with van der Waals surface area (Å²) in [5, 5.41) is 4.36. The normalized spacial score (nSPS) is 12.9. The molecule has 1 atom stereocenters. The van der Waals surface area contributed by atoms with E-state index in [2.05, 4.69) is 5.10 Å². The zero-order valence-electron chi connectivity index (χ0n) is 17.6. The Morgan fingerprint density at radius 3 is 2.61 bits per heavy atom. The third kappa shape index (κ3) is 4.52. The molecule has 0 bridgehead atoms. The molecule has 1 aromatic carbocycles. The lowest BCUT2D eigenvalue weighted by atomic mass is 9.86. The number of nitrogens with two attached hydrogens (primary N) is 2. The number of aryl methyl sites for hydroxylation is 3. The van der Waals surface area contributed by atoms with Crippen LogP contribution in [0.5, 0.6) is 0 Å². The third-order valence-corrected chi connectivity index (χ3v) is 6.54. The molecule has 5 nitrogen and oxygen atoms in total. The van der Waals surface area contributed by atoms with Crippen molar-refractivity contribution in [1.82, 2.24) is 9.78 Å². The molecule has 2 aromatic heterocycles. The third-order valence-electron chi connectivity index (χ3n) is 5.41. The number of primary amides is 1. The van der Waals surface area contributed by atoms with Crippen LogP contribution in [0.25, 0.3) is 11.3 Å². The molecule has 0 radical (unpaired) electrons. The van der Waals surface area contributed by atoms with E-state index in [1.165, 1.54) is 17.4 Å². The van der Waals surface area contributed by atoms with Crippen LogP contribution in [0.3, 0.4) is 0 Å². The molecule has 2 heterocycles. The van der Waals surface area contributed by atoms with Gasteiger partial charge >= 0.3 is 6.18 Å². The topological polar surface area (TPSA) is 86.9 Å². The Morgan fingerprint density at radius 2 is 2.03 bits per heavy atom. The van der Waals surface area contributed by atoms with Crippen molar-refractivity contribution in [3.05, 3.63) is 62.5 Å². The predicted octanol–water partition coefficient (Wildman–Crippen LogP) is 4.42. The molecule has 0 aliphatic heterocycles. The van der Waals surface area contributed by atoms with Gasteiger partial charge in [-0.15, -0.1) is 11.3 Å². The quantitative estimate of drug-likeness (QED) is 0.559. The predicted molar refractivity (Wildman–Crippen MR) is 116 cm³/mol. The maximum Gasteiger partial charge on any atom is 0.416 e. The number of nitrogens with zero attached hydrogens (tertiary/aromatic N) is 2. The number of alkyl halides is 3. The summed E-state index contributed by atoms with van der Waals surface area (Å²) < 4.78 is 41.3. The Kier molecular flexibility index (Phi) is 6.56. The van der Waals surface area contributed by atoms with Gasteiger partial charge in [-0.2, -0.15) is 18.3 Å². The summed E-state index contributed by atoms with van der Waals surface area (Å²) in [5.41, 5.74) is 15.0. The highest BCUT2D eigenvalue weighted by atomic mass is 32.1. The second-order valence-electron chi connectivity index (χ2n) is 7.47. The average molecular weight is 451 g/mol. The minimum absolute atomic E-state index is 0.152. The molecule has 0 spiro atoms. The summed E-state index contributed by atoms with van der Waals surface area (Å²) in [4.78, 5) is 13.6. The largest absolute Gasteiger partial charge is 0.416 e. The van der Waals surface area contributed by atoms with Gasteiger partial charge in [0.05, 0.1) is 22.3 Å². The van der Waals surface area contributed by atoms with Gasteiger partial charge < -0.3 is 11.5 Å². The first-order valence-electron chi connectivity index (χ1n) is 9.88. The molecule has 0 saturated heterocycles. The first-order chi connectivity index (χ1) is 14.6. The Bertz CT molecular complexity index is 1100. The van der Waals surface area contributed by atoms with E-state index in [1.54, 1.807) is 16.9 Å². The van der Waals surface area contributed by atoms with Crippen LogP contribution in [-0.2, 0) is 26.1 Å². The van der Waals surface area contributed by atoms with Crippen molar-refractivity contribution < 1.29 is 18.0 Å². The summed E-state index contributed by atoms with van der Waals surface area (Å²) in [7, 11) is 1.82. The van der Waals surface area contributed by atoms with Crippen molar-refractivity contribution in [3.8, 4) is 11.3 Å². The number of aromatic nitrogens is 2. The van der Waals surface area contributed by atoms with E-state index in [-0.39, 0.29) is 18.9 Å². The first-order valence-corrected chi connectivity index (χ1v) is 10.7. The van der Waals surface area contributed by atoms with E-state index in [0.29, 0.717) is 16.0 Å². The van der Waals surface area contributed by atoms with Gasteiger partial charge in [0.25, 0.3) is 5.91 Å². The van der Waals surface area contributed by atoms with Crippen LogP contribution in [0.1, 0.15) is 49.6 Å². The number of hydrogen-bond donors (Lipinski definition) is 2. The molecule has 0 fully saturated rings. The highest BCUT2D eigenvalue weighted by Gasteiger charge is 2.32. The van der Waals surface area contributed by atoms with E-state index in [1.807, 2.05) is 20.9 Å². The van der Waals surface area contributed by atoms with Gasteiger partial charge in [0.2, 0.25) is 0 Å². The number of thiophene rings is 1.